The standard InChI is InChI=1S/C17H31NO5.Li/c1-2-3-4-5-6-7-12-18(15-19,13-8-10-16(20)21)14-9-11-17(22)23;/h7,12,19H,2-6,8-11,13-15H2,1H3,(H-,20,21,22,23);/q;+1/b12-7+;. The second-order valence-corrected chi connectivity index (χ2v) is 6.01. The summed E-state index contributed by atoms with van der Waals surface area (Å²) in [6, 6.07) is 0. The van der Waals surface area contributed by atoms with Gasteiger partial charge in [-0.05, 0) is 25.3 Å². The van der Waals surface area contributed by atoms with Crippen LogP contribution in [0.1, 0.15) is 64.7 Å². The molecule has 0 aromatic carbocycles. The number of carboxylic acid groups (broad SMARTS) is 2. The fraction of sp³-hybridized carbons (Fsp3) is 0.765. The van der Waals surface area contributed by atoms with Gasteiger partial charge in [0.05, 0.1) is 25.7 Å². The average Bonchev–Trinajstić information content (AvgIpc) is 2.49. The van der Waals surface area contributed by atoms with Crippen LogP contribution in [0.15, 0.2) is 12.3 Å². The van der Waals surface area contributed by atoms with Gasteiger partial charge < -0.3 is 20.1 Å². The Kier molecular flexibility index (Phi) is 16.7. The predicted octanol–water partition coefficient (Wildman–Crippen LogP) is -1.36. The molecule has 0 aliphatic carbocycles. The van der Waals surface area contributed by atoms with Crippen LogP contribution in [0.4, 0.5) is 0 Å². The van der Waals surface area contributed by atoms with Crippen molar-refractivity contribution in [1.29, 1.82) is 0 Å². The van der Waals surface area contributed by atoms with Gasteiger partial charge in [0.2, 0.25) is 0 Å². The quantitative estimate of drug-likeness (QED) is 0.167. The van der Waals surface area contributed by atoms with Crippen LogP contribution in [0.3, 0.4) is 0 Å². The number of carbonyl (C=O) groups excluding carboxylic acids is 1. The molecule has 0 radical (unpaired) electrons. The topological polar surface area (TPSA) is 97.7 Å². The monoisotopic (exact) mass is 336 g/mol. The number of carboxylic acids is 2. The molecule has 0 aromatic rings. The summed E-state index contributed by atoms with van der Waals surface area (Å²) in [5.74, 6) is -1.96. The van der Waals surface area contributed by atoms with Crippen molar-refractivity contribution >= 4 is 11.9 Å². The smallest absolute Gasteiger partial charge is 0.550 e. The zero-order valence-electron chi connectivity index (χ0n) is 15.2. The molecular weight excluding hydrogens is 305 g/mol. The summed E-state index contributed by atoms with van der Waals surface area (Å²) >= 11 is 0. The van der Waals surface area contributed by atoms with Gasteiger partial charge in [-0.25, -0.2) is 0 Å². The summed E-state index contributed by atoms with van der Waals surface area (Å²) in [5, 5.41) is 29.1. The molecular formula is C17H31LiNO5+. The van der Waals surface area contributed by atoms with Crippen molar-refractivity contribution in [3.8, 4) is 0 Å². The first-order chi connectivity index (χ1) is 11.0. The van der Waals surface area contributed by atoms with E-state index in [1.165, 1.54) is 19.3 Å². The van der Waals surface area contributed by atoms with Crippen molar-refractivity contribution in [2.45, 2.75) is 64.7 Å². The van der Waals surface area contributed by atoms with Gasteiger partial charge in [-0.2, -0.15) is 0 Å². The molecule has 0 aliphatic rings. The number of aliphatic hydroxyl groups excluding tert-OH is 1. The first kappa shape index (κ1) is 25.4. The van der Waals surface area contributed by atoms with E-state index in [-0.39, 0.29) is 42.9 Å². The van der Waals surface area contributed by atoms with Gasteiger partial charge in [-0.3, -0.25) is 9.28 Å². The number of aliphatic carboxylic acids is 2. The van der Waals surface area contributed by atoms with E-state index in [0.29, 0.717) is 25.9 Å². The van der Waals surface area contributed by atoms with E-state index in [2.05, 4.69) is 6.92 Å². The Balaban J connectivity index is 0. The number of allylic oxidation sites excluding steroid dienone is 1. The molecule has 0 fully saturated rings. The maximum atomic E-state index is 10.7. The van der Waals surface area contributed by atoms with Gasteiger partial charge >= 0.3 is 24.8 Å². The second-order valence-electron chi connectivity index (χ2n) is 6.01. The van der Waals surface area contributed by atoms with Crippen molar-refractivity contribution in [2.24, 2.45) is 0 Å². The normalized spacial score (nSPS) is 13.4. The molecule has 0 aromatic heterocycles. The average molecular weight is 336 g/mol. The molecule has 0 heterocycles. The molecule has 0 rings (SSSR count). The molecule has 0 saturated heterocycles. The van der Waals surface area contributed by atoms with Crippen LogP contribution in [0, 0.1) is 0 Å². The van der Waals surface area contributed by atoms with Crippen molar-refractivity contribution in [3.63, 3.8) is 0 Å². The van der Waals surface area contributed by atoms with E-state index in [1.807, 2.05) is 12.3 Å². The van der Waals surface area contributed by atoms with E-state index < -0.39 is 11.9 Å². The number of hydrogen-bond acceptors (Lipinski definition) is 4. The molecule has 1 atom stereocenters. The number of unbranched alkanes of at least 4 members (excludes halogenated alkanes) is 4. The number of quaternary nitrogens is 1. The number of rotatable bonds is 15. The Morgan fingerprint density at radius 1 is 1.04 bits per heavy atom. The van der Waals surface area contributed by atoms with Crippen LogP contribution in [0.2, 0.25) is 0 Å². The van der Waals surface area contributed by atoms with Crippen LogP contribution in [0.5, 0.6) is 0 Å². The SMILES string of the molecule is CCCCCC/C=C/[N+](CO)(CCCC(=O)[O-])CCCC(=O)O.[Li+]. The third-order valence-electron chi connectivity index (χ3n) is 3.91. The Morgan fingerprint density at radius 2 is 1.67 bits per heavy atom. The molecule has 0 aliphatic heterocycles. The molecule has 0 amide bonds. The molecule has 24 heavy (non-hydrogen) atoms. The van der Waals surface area contributed by atoms with Crippen LogP contribution < -0.4 is 24.0 Å². The zero-order chi connectivity index (χ0) is 17.6. The maximum Gasteiger partial charge on any atom is 1.00 e. The van der Waals surface area contributed by atoms with Gasteiger partial charge in [0.15, 0.2) is 6.73 Å². The first-order valence-corrected chi connectivity index (χ1v) is 8.51. The summed E-state index contributed by atoms with van der Waals surface area (Å²) in [6.45, 7) is 2.96. The summed E-state index contributed by atoms with van der Waals surface area (Å²) < 4.78 is 0.217. The van der Waals surface area contributed by atoms with E-state index in [1.54, 1.807) is 0 Å². The summed E-state index contributed by atoms with van der Waals surface area (Å²) in [7, 11) is 0. The summed E-state index contributed by atoms with van der Waals surface area (Å²) in [4.78, 5) is 21.2. The van der Waals surface area contributed by atoms with Gasteiger partial charge in [0.1, 0.15) is 0 Å². The molecule has 1 unspecified atom stereocenters. The molecule has 0 saturated carbocycles. The zero-order valence-corrected chi connectivity index (χ0v) is 15.2. The molecule has 0 bridgehead atoms. The Hall–Kier alpha value is -0.803. The van der Waals surface area contributed by atoms with Crippen molar-refractivity contribution in [1.82, 2.24) is 0 Å². The number of carbonyl (C=O) groups is 2. The van der Waals surface area contributed by atoms with E-state index >= 15 is 0 Å². The fourth-order valence-corrected chi connectivity index (χ4v) is 2.52. The Morgan fingerprint density at radius 3 is 2.17 bits per heavy atom. The minimum absolute atomic E-state index is 0. The Labute approximate surface area is 157 Å². The van der Waals surface area contributed by atoms with Crippen LogP contribution in [-0.2, 0) is 9.59 Å². The van der Waals surface area contributed by atoms with E-state index in [0.717, 1.165) is 12.8 Å². The van der Waals surface area contributed by atoms with Gasteiger partial charge in [-0.1, -0.05) is 26.2 Å². The molecule has 6 nitrogen and oxygen atoms in total. The van der Waals surface area contributed by atoms with Crippen molar-refractivity contribution in [2.75, 3.05) is 19.8 Å². The summed E-state index contributed by atoms with van der Waals surface area (Å²) in [5.41, 5.74) is 0. The summed E-state index contributed by atoms with van der Waals surface area (Å²) in [6.07, 6.45) is 10.3. The van der Waals surface area contributed by atoms with E-state index in [4.69, 9.17) is 5.11 Å². The minimum atomic E-state index is -1.10. The third kappa shape index (κ3) is 13.6. The van der Waals surface area contributed by atoms with Crippen LogP contribution >= 0.6 is 0 Å². The number of nitrogens with zero attached hydrogens (tertiary/aromatic N) is 1. The van der Waals surface area contributed by atoms with Crippen LogP contribution in [0.25, 0.3) is 0 Å². The number of hydrogen-bond donors (Lipinski definition) is 2. The predicted molar refractivity (Wildman–Crippen MR) is 86.1 cm³/mol. The second kappa shape index (κ2) is 15.7. The largest absolute Gasteiger partial charge is 1.00 e. The fourth-order valence-electron chi connectivity index (χ4n) is 2.52. The molecule has 7 heteroatoms. The van der Waals surface area contributed by atoms with Gasteiger partial charge in [0, 0.05) is 18.8 Å². The van der Waals surface area contributed by atoms with Crippen LogP contribution in [-0.4, -0.2) is 46.5 Å². The number of aliphatic hydroxyl groups is 1. The first-order valence-electron chi connectivity index (χ1n) is 8.51. The minimum Gasteiger partial charge on any atom is -0.550 e. The van der Waals surface area contributed by atoms with Gasteiger partial charge in [0.25, 0.3) is 0 Å². The molecule has 134 valence electrons. The maximum absolute atomic E-state index is 10.7. The Bertz CT molecular complexity index is 354. The molecule has 0 spiro atoms. The van der Waals surface area contributed by atoms with E-state index in [9.17, 15) is 19.8 Å². The van der Waals surface area contributed by atoms with Crippen molar-refractivity contribution < 1.29 is 48.3 Å². The third-order valence-corrected chi connectivity index (χ3v) is 3.91. The van der Waals surface area contributed by atoms with Crippen molar-refractivity contribution in [3.05, 3.63) is 12.3 Å². The molecule has 2 N–H and O–H groups in total. The van der Waals surface area contributed by atoms with Gasteiger partial charge in [-0.15, -0.1) is 0 Å².